The third-order valence-electron chi connectivity index (χ3n) is 4.04. The maximum Gasteiger partial charge on any atom is 0.253 e. The average molecular weight is 346 g/mol. The van der Waals surface area contributed by atoms with Gasteiger partial charge in [-0.15, -0.1) is 0 Å². The molecule has 1 aromatic rings. The van der Waals surface area contributed by atoms with Crippen molar-refractivity contribution in [2.45, 2.75) is 25.3 Å². The van der Waals surface area contributed by atoms with E-state index in [0.29, 0.717) is 5.69 Å². The molecular formula is C16H18N4O3S. The van der Waals surface area contributed by atoms with E-state index < -0.39 is 6.04 Å². The van der Waals surface area contributed by atoms with Crippen LogP contribution in [0.3, 0.4) is 0 Å². The quantitative estimate of drug-likeness (QED) is 0.774. The second-order valence-electron chi connectivity index (χ2n) is 5.93. The van der Waals surface area contributed by atoms with Gasteiger partial charge in [0.15, 0.2) is 5.11 Å². The first-order valence-corrected chi connectivity index (χ1v) is 8.14. The van der Waals surface area contributed by atoms with E-state index in [1.807, 2.05) is 6.07 Å². The summed E-state index contributed by atoms with van der Waals surface area (Å²) in [7, 11) is 1.54. The van der Waals surface area contributed by atoms with Gasteiger partial charge in [0.1, 0.15) is 6.04 Å². The lowest BCUT2D eigenvalue weighted by molar-refractivity contribution is -0.132. The van der Waals surface area contributed by atoms with Crippen molar-refractivity contribution in [3.05, 3.63) is 30.3 Å². The van der Waals surface area contributed by atoms with Crippen LogP contribution in [-0.4, -0.2) is 45.8 Å². The van der Waals surface area contributed by atoms with Crippen molar-refractivity contribution in [2.75, 3.05) is 12.4 Å². The number of hydrazine groups is 1. The minimum Gasteiger partial charge on any atom is -0.326 e. The minimum atomic E-state index is -0.825. The Balaban J connectivity index is 1.68. The van der Waals surface area contributed by atoms with E-state index in [0.717, 1.165) is 12.8 Å². The van der Waals surface area contributed by atoms with Crippen LogP contribution < -0.4 is 10.7 Å². The summed E-state index contributed by atoms with van der Waals surface area (Å²) in [4.78, 5) is 37.9. The van der Waals surface area contributed by atoms with Crippen LogP contribution in [-0.2, 0) is 14.4 Å². The lowest BCUT2D eigenvalue weighted by atomic mass is 10.2. The summed E-state index contributed by atoms with van der Waals surface area (Å²) in [6, 6.07) is 8.16. The number of para-hydroxylation sites is 1. The van der Waals surface area contributed by atoms with Gasteiger partial charge in [0.05, 0.1) is 6.42 Å². The van der Waals surface area contributed by atoms with E-state index in [4.69, 9.17) is 12.2 Å². The van der Waals surface area contributed by atoms with Gasteiger partial charge in [-0.25, -0.2) is 5.01 Å². The van der Waals surface area contributed by atoms with Gasteiger partial charge < -0.3 is 5.32 Å². The van der Waals surface area contributed by atoms with Gasteiger partial charge in [-0.05, 0) is 37.2 Å². The van der Waals surface area contributed by atoms with Crippen LogP contribution in [0.25, 0.3) is 0 Å². The van der Waals surface area contributed by atoms with Crippen LogP contribution in [0.2, 0.25) is 0 Å². The van der Waals surface area contributed by atoms with Gasteiger partial charge in [0.25, 0.3) is 5.91 Å². The SMILES string of the molecule is CN1C(=O)C(CC(=O)Nc2ccccc2)N(NC(=O)C2CC2)C1=S. The molecule has 0 radical (unpaired) electrons. The molecule has 126 valence electrons. The number of thiocarbonyl (C=S) groups is 1. The van der Waals surface area contributed by atoms with Gasteiger partial charge in [0.2, 0.25) is 11.8 Å². The van der Waals surface area contributed by atoms with Crippen molar-refractivity contribution >= 4 is 40.7 Å². The molecule has 1 unspecified atom stereocenters. The second-order valence-corrected chi connectivity index (χ2v) is 6.30. The topological polar surface area (TPSA) is 81.8 Å². The summed E-state index contributed by atoms with van der Waals surface area (Å²) in [6.45, 7) is 0. The molecule has 2 fully saturated rings. The fraction of sp³-hybridized carbons (Fsp3) is 0.375. The summed E-state index contributed by atoms with van der Waals surface area (Å²) in [5.74, 6) is -0.802. The van der Waals surface area contributed by atoms with Crippen molar-refractivity contribution in [3.8, 4) is 0 Å². The average Bonchev–Trinajstić information content (AvgIpc) is 3.39. The first-order valence-electron chi connectivity index (χ1n) is 7.73. The number of carbonyl (C=O) groups is 3. The highest BCUT2D eigenvalue weighted by atomic mass is 32.1. The molecule has 1 aliphatic heterocycles. The first-order chi connectivity index (χ1) is 11.5. The van der Waals surface area contributed by atoms with Crippen molar-refractivity contribution in [2.24, 2.45) is 5.92 Å². The fourth-order valence-corrected chi connectivity index (χ4v) is 2.75. The minimum absolute atomic E-state index is 0.0207. The highest BCUT2D eigenvalue weighted by molar-refractivity contribution is 7.80. The molecular weight excluding hydrogens is 328 g/mol. The standard InChI is InChI=1S/C16H18N4O3S/c1-19-15(23)12(9-13(21)17-11-5-3-2-4-6-11)20(16(19)24)18-14(22)10-7-8-10/h2-6,10,12H,7-9H2,1H3,(H,17,21)(H,18,22). The number of amides is 3. The van der Waals surface area contributed by atoms with Crippen molar-refractivity contribution in [1.82, 2.24) is 15.3 Å². The van der Waals surface area contributed by atoms with E-state index in [-0.39, 0.29) is 35.2 Å². The van der Waals surface area contributed by atoms with Crippen molar-refractivity contribution < 1.29 is 14.4 Å². The Hall–Kier alpha value is -2.48. The molecule has 0 aromatic heterocycles. The Morgan fingerprint density at radius 2 is 1.92 bits per heavy atom. The van der Waals surface area contributed by atoms with Crippen LogP contribution in [0, 0.1) is 5.92 Å². The number of anilines is 1. The first kappa shape index (κ1) is 16.4. The number of likely N-dealkylation sites (N-methyl/N-ethyl adjacent to an activating group) is 1. The van der Waals surface area contributed by atoms with Crippen LogP contribution in [0.1, 0.15) is 19.3 Å². The molecule has 24 heavy (non-hydrogen) atoms. The Labute approximate surface area is 145 Å². The monoisotopic (exact) mass is 346 g/mol. The molecule has 3 amide bonds. The predicted molar refractivity (Wildman–Crippen MR) is 91.6 cm³/mol. The Kier molecular flexibility index (Phi) is 4.48. The molecule has 0 bridgehead atoms. The lowest BCUT2D eigenvalue weighted by Gasteiger charge is -2.23. The number of hydrogen-bond acceptors (Lipinski definition) is 4. The zero-order valence-corrected chi connectivity index (χ0v) is 14.0. The summed E-state index contributed by atoms with van der Waals surface area (Å²) < 4.78 is 0. The van der Waals surface area contributed by atoms with Gasteiger partial charge in [-0.1, -0.05) is 18.2 Å². The van der Waals surface area contributed by atoms with Gasteiger partial charge in [0, 0.05) is 18.7 Å². The molecule has 1 saturated carbocycles. The van der Waals surface area contributed by atoms with Gasteiger partial charge >= 0.3 is 0 Å². The van der Waals surface area contributed by atoms with E-state index in [1.165, 1.54) is 17.0 Å². The molecule has 2 N–H and O–H groups in total. The van der Waals surface area contributed by atoms with E-state index >= 15 is 0 Å². The number of hydrogen-bond donors (Lipinski definition) is 2. The summed E-state index contributed by atoms with van der Waals surface area (Å²) in [5.41, 5.74) is 3.33. The molecule has 1 aromatic carbocycles. The molecule has 3 rings (SSSR count). The summed E-state index contributed by atoms with van der Waals surface area (Å²) in [6.07, 6.45) is 1.59. The second kappa shape index (κ2) is 6.56. The van der Waals surface area contributed by atoms with Crippen molar-refractivity contribution in [1.29, 1.82) is 0 Å². The number of nitrogens with zero attached hydrogens (tertiary/aromatic N) is 2. The van der Waals surface area contributed by atoms with E-state index in [2.05, 4.69) is 10.7 Å². The zero-order valence-electron chi connectivity index (χ0n) is 13.2. The molecule has 1 atom stereocenters. The normalized spacial score (nSPS) is 20.3. The molecule has 1 saturated heterocycles. The smallest absolute Gasteiger partial charge is 0.253 e. The molecule has 1 aliphatic carbocycles. The molecule has 2 aliphatic rings. The number of nitrogens with one attached hydrogen (secondary N) is 2. The van der Waals surface area contributed by atoms with E-state index in [1.54, 1.807) is 24.3 Å². The Morgan fingerprint density at radius 1 is 1.25 bits per heavy atom. The highest BCUT2D eigenvalue weighted by Crippen LogP contribution is 2.29. The van der Waals surface area contributed by atoms with Crippen LogP contribution in [0.15, 0.2) is 30.3 Å². The Morgan fingerprint density at radius 3 is 2.54 bits per heavy atom. The molecule has 1 heterocycles. The van der Waals surface area contributed by atoms with Gasteiger partial charge in [-0.3, -0.25) is 24.7 Å². The van der Waals surface area contributed by atoms with E-state index in [9.17, 15) is 14.4 Å². The highest BCUT2D eigenvalue weighted by Gasteiger charge is 2.44. The third kappa shape index (κ3) is 3.38. The summed E-state index contributed by atoms with van der Waals surface area (Å²) >= 11 is 5.21. The third-order valence-corrected chi connectivity index (χ3v) is 4.51. The zero-order chi connectivity index (χ0) is 17.3. The predicted octanol–water partition coefficient (Wildman–Crippen LogP) is 0.884. The maximum absolute atomic E-state index is 12.3. The number of rotatable bonds is 5. The number of benzene rings is 1. The fourth-order valence-electron chi connectivity index (χ4n) is 2.49. The molecule has 8 heteroatoms. The molecule has 7 nitrogen and oxygen atoms in total. The Bertz CT molecular complexity index is 690. The van der Waals surface area contributed by atoms with Gasteiger partial charge in [-0.2, -0.15) is 0 Å². The maximum atomic E-state index is 12.3. The molecule has 0 spiro atoms. The van der Waals surface area contributed by atoms with Crippen LogP contribution in [0.5, 0.6) is 0 Å². The van der Waals surface area contributed by atoms with Crippen molar-refractivity contribution in [3.63, 3.8) is 0 Å². The lowest BCUT2D eigenvalue weighted by Crippen LogP contribution is -2.50. The van der Waals surface area contributed by atoms with Crippen LogP contribution in [0.4, 0.5) is 5.69 Å². The number of carbonyl (C=O) groups excluding carboxylic acids is 3. The largest absolute Gasteiger partial charge is 0.326 e. The summed E-state index contributed by atoms with van der Waals surface area (Å²) in [5, 5.41) is 4.27. The van der Waals surface area contributed by atoms with Crippen LogP contribution >= 0.6 is 12.2 Å².